The number of sulfonamides is 1. The van der Waals surface area contributed by atoms with Crippen molar-refractivity contribution in [3.05, 3.63) is 84.4 Å². The second kappa shape index (κ2) is 10.4. The number of methoxy groups -OCH3 is 1. The Morgan fingerprint density at radius 3 is 2.32 bits per heavy atom. The first kappa shape index (κ1) is 26.4. The first-order chi connectivity index (χ1) is 17.5. The van der Waals surface area contributed by atoms with E-state index in [1.165, 1.54) is 4.31 Å². The van der Waals surface area contributed by atoms with Crippen LogP contribution in [0.3, 0.4) is 0 Å². The van der Waals surface area contributed by atoms with Crippen molar-refractivity contribution in [2.45, 2.75) is 37.6 Å². The highest BCUT2D eigenvalue weighted by Gasteiger charge is 2.23. The molecule has 4 aromatic rings. The molecule has 9 heteroatoms. The molecule has 2 aromatic carbocycles. The number of anilines is 2. The molecule has 194 valence electrons. The molecule has 0 spiro atoms. The third-order valence-electron chi connectivity index (χ3n) is 6.14. The van der Waals surface area contributed by atoms with Gasteiger partial charge in [0.05, 0.1) is 24.0 Å². The minimum atomic E-state index is -3.76. The fourth-order valence-electron chi connectivity index (χ4n) is 3.86. The van der Waals surface area contributed by atoms with Crippen LogP contribution in [0.25, 0.3) is 11.3 Å². The van der Waals surface area contributed by atoms with Crippen LogP contribution in [0.15, 0.2) is 78.2 Å². The van der Waals surface area contributed by atoms with Crippen LogP contribution in [0.2, 0.25) is 0 Å². The molecule has 0 aliphatic rings. The van der Waals surface area contributed by atoms with Crippen LogP contribution in [0.5, 0.6) is 5.75 Å². The normalized spacial score (nSPS) is 12.1. The first-order valence-electron chi connectivity index (χ1n) is 11.9. The molecule has 0 fully saturated rings. The van der Waals surface area contributed by atoms with Crippen molar-refractivity contribution in [2.75, 3.05) is 19.5 Å². The average Bonchev–Trinajstić information content (AvgIpc) is 3.30. The molecule has 0 radical (unpaired) electrons. The van der Waals surface area contributed by atoms with E-state index in [1.807, 2.05) is 60.4 Å². The predicted molar refractivity (Wildman–Crippen MR) is 147 cm³/mol. The number of benzene rings is 2. The topological polar surface area (TPSA) is 89.4 Å². The van der Waals surface area contributed by atoms with Gasteiger partial charge >= 0.3 is 0 Å². The van der Waals surface area contributed by atoms with Crippen molar-refractivity contribution in [2.24, 2.45) is 7.05 Å². The van der Waals surface area contributed by atoms with Gasteiger partial charge in [-0.15, -0.1) is 0 Å². The van der Waals surface area contributed by atoms with Crippen molar-refractivity contribution in [3.8, 4) is 17.0 Å². The Bertz CT molecular complexity index is 1470. The number of nitrogens with one attached hydrogen (secondary N) is 1. The second-order valence-corrected chi connectivity index (χ2v) is 12.1. The molecular weight excluding hydrogens is 486 g/mol. The van der Waals surface area contributed by atoms with Gasteiger partial charge in [-0.3, -0.25) is 0 Å². The van der Waals surface area contributed by atoms with E-state index in [9.17, 15) is 8.42 Å². The molecule has 0 saturated heterocycles. The first-order valence-corrected chi connectivity index (χ1v) is 13.4. The van der Waals surface area contributed by atoms with Gasteiger partial charge in [-0.25, -0.2) is 18.4 Å². The van der Waals surface area contributed by atoms with Gasteiger partial charge in [0.1, 0.15) is 11.6 Å². The largest absolute Gasteiger partial charge is 0.497 e. The molecule has 0 amide bonds. The van der Waals surface area contributed by atoms with E-state index < -0.39 is 10.0 Å². The summed E-state index contributed by atoms with van der Waals surface area (Å²) in [6, 6.07) is 16.3. The molecule has 2 heterocycles. The smallest absolute Gasteiger partial charge is 0.243 e. The molecule has 8 nitrogen and oxygen atoms in total. The minimum Gasteiger partial charge on any atom is -0.497 e. The van der Waals surface area contributed by atoms with Crippen molar-refractivity contribution < 1.29 is 13.2 Å². The Balaban J connectivity index is 1.66. The number of imidazole rings is 1. The molecule has 0 saturated carbocycles. The van der Waals surface area contributed by atoms with Gasteiger partial charge in [0, 0.05) is 44.3 Å². The Kier molecular flexibility index (Phi) is 7.38. The third-order valence-corrected chi connectivity index (χ3v) is 7.94. The summed E-state index contributed by atoms with van der Waals surface area (Å²) in [5.74, 6) is 1.39. The quantitative estimate of drug-likeness (QED) is 0.337. The Morgan fingerprint density at radius 1 is 1.03 bits per heavy atom. The van der Waals surface area contributed by atoms with Gasteiger partial charge in [-0.2, -0.15) is 4.31 Å². The lowest BCUT2D eigenvalue weighted by Crippen LogP contribution is -2.26. The molecule has 2 aromatic heterocycles. The monoisotopic (exact) mass is 519 g/mol. The van der Waals surface area contributed by atoms with Gasteiger partial charge in [0.15, 0.2) is 0 Å². The zero-order valence-electron chi connectivity index (χ0n) is 22.1. The number of hydrogen-bond acceptors (Lipinski definition) is 6. The lowest BCUT2D eigenvalue weighted by Gasteiger charge is -2.20. The summed E-state index contributed by atoms with van der Waals surface area (Å²) in [4.78, 5) is 9.22. The number of nitrogens with zero attached hydrogens (tertiary/aromatic N) is 4. The van der Waals surface area contributed by atoms with Gasteiger partial charge in [-0.1, -0.05) is 39.0 Å². The lowest BCUT2D eigenvalue weighted by atomic mass is 9.88. The number of aryl methyl sites for hydroxylation is 1. The maximum atomic E-state index is 13.5. The van der Waals surface area contributed by atoms with E-state index in [0.29, 0.717) is 22.8 Å². The van der Waals surface area contributed by atoms with E-state index in [1.54, 1.807) is 38.7 Å². The molecule has 4 rings (SSSR count). The average molecular weight is 520 g/mol. The van der Waals surface area contributed by atoms with Crippen LogP contribution in [-0.4, -0.2) is 41.4 Å². The summed E-state index contributed by atoms with van der Waals surface area (Å²) >= 11 is 0. The predicted octanol–water partition coefficient (Wildman–Crippen LogP) is 5.35. The molecule has 0 bridgehead atoms. The molecule has 0 unspecified atom stereocenters. The van der Waals surface area contributed by atoms with Crippen LogP contribution in [-0.2, 0) is 29.0 Å². The molecule has 0 aliphatic heterocycles. The highest BCUT2D eigenvalue weighted by molar-refractivity contribution is 7.89. The summed E-state index contributed by atoms with van der Waals surface area (Å²) in [5.41, 5.74) is 4.03. The van der Waals surface area contributed by atoms with Crippen molar-refractivity contribution in [1.82, 2.24) is 18.8 Å². The number of hydrogen-bond donors (Lipinski definition) is 1. The number of aromatic nitrogens is 3. The fourth-order valence-corrected chi connectivity index (χ4v) is 5.04. The second-order valence-electron chi connectivity index (χ2n) is 10.0. The van der Waals surface area contributed by atoms with E-state index in [-0.39, 0.29) is 16.9 Å². The van der Waals surface area contributed by atoms with Crippen molar-refractivity contribution in [3.63, 3.8) is 0 Å². The lowest BCUT2D eigenvalue weighted by molar-refractivity contribution is 0.414. The zero-order valence-corrected chi connectivity index (χ0v) is 22.9. The van der Waals surface area contributed by atoms with E-state index in [0.717, 1.165) is 16.9 Å². The van der Waals surface area contributed by atoms with Gasteiger partial charge in [-0.05, 0) is 52.9 Å². The van der Waals surface area contributed by atoms with Crippen LogP contribution in [0.4, 0.5) is 11.5 Å². The highest BCUT2D eigenvalue weighted by Crippen LogP contribution is 2.33. The Labute approximate surface area is 219 Å². The van der Waals surface area contributed by atoms with Crippen molar-refractivity contribution in [1.29, 1.82) is 0 Å². The number of pyridine rings is 1. The Morgan fingerprint density at radius 2 is 1.76 bits per heavy atom. The van der Waals surface area contributed by atoms with Crippen molar-refractivity contribution >= 4 is 21.5 Å². The molecule has 0 aliphatic carbocycles. The minimum absolute atomic E-state index is 0.00149. The van der Waals surface area contributed by atoms with E-state index in [2.05, 4.69) is 36.1 Å². The van der Waals surface area contributed by atoms with Gasteiger partial charge < -0.3 is 14.6 Å². The number of ether oxygens (including phenoxy) is 1. The maximum absolute atomic E-state index is 13.5. The van der Waals surface area contributed by atoms with Crippen LogP contribution in [0, 0.1) is 0 Å². The zero-order chi connectivity index (χ0) is 26.8. The summed E-state index contributed by atoms with van der Waals surface area (Å²) in [7, 11) is 1.28. The molecule has 37 heavy (non-hydrogen) atoms. The number of rotatable bonds is 8. The SMILES string of the molecule is COc1ccc(CN(C)S(=O)(=O)c2ccc(Nc3ccc(C(C)(C)C)cn3)c(-c3cn(C)cn3)c2)cc1. The van der Waals surface area contributed by atoms with Crippen LogP contribution < -0.4 is 10.1 Å². The summed E-state index contributed by atoms with van der Waals surface area (Å²) < 4.78 is 35.3. The molecule has 1 N–H and O–H groups in total. The van der Waals surface area contributed by atoms with E-state index >= 15 is 0 Å². The van der Waals surface area contributed by atoms with Gasteiger partial charge in [0.25, 0.3) is 0 Å². The van der Waals surface area contributed by atoms with Crippen LogP contribution in [0.1, 0.15) is 31.9 Å². The highest BCUT2D eigenvalue weighted by atomic mass is 32.2. The Hall–Kier alpha value is -3.69. The summed E-state index contributed by atoms with van der Waals surface area (Å²) in [6.45, 7) is 6.65. The van der Waals surface area contributed by atoms with Gasteiger partial charge in [0.2, 0.25) is 10.0 Å². The maximum Gasteiger partial charge on any atom is 0.243 e. The molecular formula is C28H33N5O3S. The summed E-state index contributed by atoms with van der Waals surface area (Å²) in [6.07, 6.45) is 5.40. The molecule has 0 atom stereocenters. The summed E-state index contributed by atoms with van der Waals surface area (Å²) in [5, 5.41) is 3.34. The standard InChI is InChI=1S/C28H33N5O3S/c1-28(2,3)21-9-14-27(29-16-21)31-25-13-12-23(15-24(25)26-18-32(4)19-30-26)37(34,35)33(5)17-20-7-10-22(36-6)11-8-20/h7-16,18-19H,17H2,1-6H3,(H,29,31). The fraction of sp³-hybridized carbons (Fsp3) is 0.286. The third kappa shape index (κ3) is 6.00. The van der Waals surface area contributed by atoms with E-state index in [4.69, 9.17) is 4.74 Å². The van der Waals surface area contributed by atoms with Crippen LogP contribution >= 0.6 is 0 Å².